The summed E-state index contributed by atoms with van der Waals surface area (Å²) in [7, 11) is 1.50. The maximum Gasteiger partial charge on any atom is 0.239 e. The molecule has 7 rings (SSSR count). The van der Waals surface area contributed by atoms with Crippen LogP contribution in [-0.4, -0.2) is 36.3 Å². The van der Waals surface area contributed by atoms with E-state index in [9.17, 15) is 14.4 Å². The van der Waals surface area contributed by atoms with Crippen molar-refractivity contribution in [3.8, 4) is 11.5 Å². The highest BCUT2D eigenvalue weighted by Crippen LogP contribution is 2.65. The molecule has 0 N–H and O–H groups in total. The number of rotatable bonds is 6. The minimum Gasteiger partial charge on any atom is -0.495 e. The molecule has 0 spiro atoms. The van der Waals surface area contributed by atoms with Crippen molar-refractivity contribution >= 4 is 35.0 Å². The lowest BCUT2D eigenvalue weighted by Gasteiger charge is -2.37. The van der Waals surface area contributed by atoms with Crippen LogP contribution in [0.2, 0.25) is 5.02 Å². The number of carbonyl (C=O) groups is 3. The first kappa shape index (κ1) is 20.4. The van der Waals surface area contributed by atoms with Crippen LogP contribution in [0.4, 0.5) is 5.82 Å². The number of ketones is 1. The first-order chi connectivity index (χ1) is 16.0. The summed E-state index contributed by atoms with van der Waals surface area (Å²) < 4.78 is 10.7. The number of halogens is 1. The number of methoxy groups -OCH3 is 1. The molecule has 1 saturated heterocycles. The number of Topliss-reactive ketones (excluding diaryl/α,β-unsaturated/α-hetero) is 1. The van der Waals surface area contributed by atoms with E-state index in [2.05, 4.69) is 17.1 Å². The third-order valence-corrected chi connectivity index (χ3v) is 7.75. The zero-order chi connectivity index (χ0) is 22.9. The predicted octanol–water partition coefficient (Wildman–Crippen LogP) is 3.56. The Balaban J connectivity index is 1.14. The molecule has 2 amide bonds. The number of ether oxygens (including phenoxy) is 2. The lowest BCUT2D eigenvalue weighted by Crippen LogP contribution is -2.40. The van der Waals surface area contributed by atoms with Crippen molar-refractivity contribution in [3.63, 3.8) is 0 Å². The fourth-order valence-electron chi connectivity index (χ4n) is 5.84. The van der Waals surface area contributed by atoms with Gasteiger partial charge in [-0.05, 0) is 60.4 Å². The van der Waals surface area contributed by atoms with E-state index in [0.29, 0.717) is 39.7 Å². The maximum atomic E-state index is 13.2. The molecule has 2 aromatic rings. The number of hydrogen-bond donors (Lipinski definition) is 0. The second-order valence-electron chi connectivity index (χ2n) is 9.08. The van der Waals surface area contributed by atoms with Crippen molar-refractivity contribution < 1.29 is 23.9 Å². The van der Waals surface area contributed by atoms with Crippen molar-refractivity contribution in [1.82, 2.24) is 4.98 Å². The fourth-order valence-corrected chi connectivity index (χ4v) is 6.10. The molecule has 2 heterocycles. The van der Waals surface area contributed by atoms with Crippen molar-refractivity contribution in [2.75, 3.05) is 18.6 Å². The molecule has 7 nitrogen and oxygen atoms in total. The highest BCUT2D eigenvalue weighted by molar-refractivity contribution is 6.32. The minimum absolute atomic E-state index is 0.151. The second-order valence-corrected chi connectivity index (χ2v) is 9.49. The van der Waals surface area contributed by atoms with Crippen molar-refractivity contribution in [2.45, 2.75) is 6.42 Å². The Kier molecular flexibility index (Phi) is 4.59. The lowest BCUT2D eigenvalue weighted by atomic mass is 9.63. The van der Waals surface area contributed by atoms with E-state index in [4.69, 9.17) is 21.1 Å². The first-order valence-corrected chi connectivity index (χ1v) is 11.4. The monoisotopic (exact) mass is 464 g/mol. The number of anilines is 1. The second kappa shape index (κ2) is 7.42. The Morgan fingerprint density at radius 2 is 1.79 bits per heavy atom. The Bertz CT molecular complexity index is 1170. The average Bonchev–Trinajstić information content (AvgIpc) is 3.61. The number of imide groups is 1. The van der Waals surface area contributed by atoms with Crippen LogP contribution in [0.25, 0.3) is 0 Å². The summed E-state index contributed by atoms with van der Waals surface area (Å²) >= 11 is 6.08. The number of nitrogens with zero attached hydrogens (tertiary/aromatic N) is 2. The summed E-state index contributed by atoms with van der Waals surface area (Å²) in [5.74, 6) is 1.53. The first-order valence-electron chi connectivity index (χ1n) is 11.0. The molecule has 168 valence electrons. The standard InChI is InChI=1S/C25H21ClN2O5/c1-32-20-6-2-12(8-18(20)26)19(29)11-33-13-3-7-21(27-10-13)28-24(30)22-14-4-5-15(17-9-16(14)17)23(22)25(28)31/h2-8,10,14-17,22-23H,9,11H2,1H3/t14-,15+,16+,17-,22-,23+. The topological polar surface area (TPSA) is 85.8 Å². The molecule has 3 fully saturated rings. The average molecular weight is 465 g/mol. The number of amides is 2. The van der Waals surface area contributed by atoms with Crippen LogP contribution in [-0.2, 0) is 9.59 Å². The highest BCUT2D eigenvalue weighted by Gasteiger charge is 2.67. The lowest BCUT2D eigenvalue weighted by molar-refractivity contribution is -0.124. The van der Waals surface area contributed by atoms with Crippen LogP contribution in [0.5, 0.6) is 11.5 Å². The van der Waals surface area contributed by atoms with Gasteiger partial charge in [-0.1, -0.05) is 23.8 Å². The summed E-state index contributed by atoms with van der Waals surface area (Å²) in [5.41, 5.74) is 0.405. The number of hydrogen-bond acceptors (Lipinski definition) is 6. The van der Waals surface area contributed by atoms with Gasteiger partial charge in [-0.15, -0.1) is 0 Å². The number of aromatic nitrogens is 1. The van der Waals surface area contributed by atoms with Gasteiger partial charge in [0, 0.05) is 5.56 Å². The Labute approximate surface area is 195 Å². The van der Waals surface area contributed by atoms with Crippen molar-refractivity contribution in [2.24, 2.45) is 35.5 Å². The molecule has 1 aliphatic heterocycles. The third-order valence-electron chi connectivity index (χ3n) is 7.46. The predicted molar refractivity (Wildman–Crippen MR) is 119 cm³/mol. The van der Waals surface area contributed by atoms with Gasteiger partial charge in [-0.25, -0.2) is 9.88 Å². The number of pyridine rings is 1. The Morgan fingerprint density at radius 1 is 1.09 bits per heavy atom. The van der Waals surface area contributed by atoms with Crippen LogP contribution in [0.3, 0.4) is 0 Å². The highest BCUT2D eigenvalue weighted by atomic mass is 35.5. The SMILES string of the molecule is COc1ccc(C(=O)COc2ccc(N3C(=O)[C@@H]4[C@@H]5C=C[C@@H]([C@H]6C[C@@H]56)[C@@H]4C3=O)nc2)cc1Cl. The zero-order valence-corrected chi connectivity index (χ0v) is 18.6. The summed E-state index contributed by atoms with van der Waals surface area (Å²) in [6, 6.07) is 7.98. The molecule has 8 heteroatoms. The van der Waals surface area contributed by atoms with E-state index in [1.54, 1.807) is 24.3 Å². The number of benzene rings is 1. The van der Waals surface area contributed by atoms with Crippen LogP contribution >= 0.6 is 11.6 Å². The molecule has 1 aromatic heterocycles. The van der Waals surface area contributed by atoms with E-state index in [-0.39, 0.29) is 47.9 Å². The molecule has 0 unspecified atom stereocenters. The van der Waals surface area contributed by atoms with Crippen LogP contribution in [0.1, 0.15) is 16.8 Å². The smallest absolute Gasteiger partial charge is 0.239 e. The molecule has 33 heavy (non-hydrogen) atoms. The normalized spacial score (nSPS) is 30.8. The molecule has 2 bridgehead atoms. The molecular weight excluding hydrogens is 444 g/mol. The van der Waals surface area contributed by atoms with E-state index in [1.807, 2.05) is 0 Å². The molecule has 2 saturated carbocycles. The van der Waals surface area contributed by atoms with Crippen molar-refractivity contribution in [3.05, 3.63) is 59.3 Å². The van der Waals surface area contributed by atoms with Crippen LogP contribution in [0, 0.1) is 35.5 Å². The zero-order valence-electron chi connectivity index (χ0n) is 17.8. The third kappa shape index (κ3) is 3.09. The van der Waals surface area contributed by atoms with Gasteiger partial charge < -0.3 is 9.47 Å². The Hall–Kier alpha value is -3.19. The summed E-state index contributed by atoms with van der Waals surface area (Å²) in [4.78, 5) is 44.3. The van der Waals surface area contributed by atoms with Gasteiger partial charge in [0.1, 0.15) is 17.3 Å². The van der Waals surface area contributed by atoms with E-state index >= 15 is 0 Å². The van der Waals surface area contributed by atoms with Gasteiger partial charge in [0.15, 0.2) is 12.4 Å². The van der Waals surface area contributed by atoms with Crippen LogP contribution in [0.15, 0.2) is 48.7 Å². The van der Waals surface area contributed by atoms with Gasteiger partial charge >= 0.3 is 0 Å². The summed E-state index contributed by atoms with van der Waals surface area (Å²) in [6.45, 7) is -0.201. The largest absolute Gasteiger partial charge is 0.495 e. The van der Waals surface area contributed by atoms with E-state index < -0.39 is 0 Å². The fraction of sp³-hybridized carbons (Fsp3) is 0.360. The molecular formula is C25H21ClN2O5. The van der Waals surface area contributed by atoms with Crippen molar-refractivity contribution in [1.29, 1.82) is 0 Å². The molecule has 1 aromatic carbocycles. The van der Waals surface area contributed by atoms with Gasteiger partial charge in [0.2, 0.25) is 11.8 Å². The van der Waals surface area contributed by atoms with Gasteiger partial charge in [0.25, 0.3) is 0 Å². The quantitative estimate of drug-likeness (QED) is 0.369. The minimum atomic E-state index is -0.261. The molecule has 5 aliphatic rings. The van der Waals surface area contributed by atoms with E-state index in [1.165, 1.54) is 24.3 Å². The van der Waals surface area contributed by atoms with E-state index in [0.717, 1.165) is 6.42 Å². The van der Waals surface area contributed by atoms with Gasteiger partial charge in [-0.3, -0.25) is 14.4 Å². The summed E-state index contributed by atoms with van der Waals surface area (Å²) in [5, 5.41) is 0.343. The van der Waals surface area contributed by atoms with Gasteiger partial charge in [0.05, 0.1) is 30.2 Å². The number of allylic oxidation sites excluding steroid dienone is 2. The molecule has 6 atom stereocenters. The van der Waals surface area contributed by atoms with Gasteiger partial charge in [-0.2, -0.15) is 0 Å². The van der Waals surface area contributed by atoms with Crippen LogP contribution < -0.4 is 14.4 Å². The maximum absolute atomic E-state index is 13.2. The number of carbonyl (C=O) groups excluding carboxylic acids is 3. The molecule has 0 radical (unpaired) electrons. The summed E-state index contributed by atoms with van der Waals surface area (Å²) in [6.07, 6.45) is 6.84. The Morgan fingerprint density at radius 3 is 2.36 bits per heavy atom. The molecule has 4 aliphatic carbocycles.